The number of nitrogens with zero attached hydrogens (tertiary/aromatic N) is 2. The highest BCUT2D eigenvalue weighted by molar-refractivity contribution is 6.30. The van der Waals surface area contributed by atoms with Crippen LogP contribution in [-0.4, -0.2) is 27.9 Å². The van der Waals surface area contributed by atoms with Gasteiger partial charge in [-0.25, -0.2) is 9.97 Å². The molecule has 0 aliphatic heterocycles. The maximum absolute atomic E-state index is 12.0. The van der Waals surface area contributed by atoms with Gasteiger partial charge in [0.05, 0.1) is 6.61 Å². The van der Waals surface area contributed by atoms with E-state index >= 15 is 0 Å². The van der Waals surface area contributed by atoms with Gasteiger partial charge in [-0.1, -0.05) is 52.7 Å². The third-order valence-electron chi connectivity index (χ3n) is 4.60. The Hall–Kier alpha value is -2.14. The molecule has 2 rings (SSSR count). The predicted octanol–water partition coefficient (Wildman–Crippen LogP) is 5.13. The summed E-state index contributed by atoms with van der Waals surface area (Å²) in [5.41, 5.74) is 1.78. The summed E-state index contributed by atoms with van der Waals surface area (Å²) in [7, 11) is 0. The van der Waals surface area contributed by atoms with E-state index in [9.17, 15) is 4.79 Å². The van der Waals surface area contributed by atoms with E-state index in [1.165, 1.54) is 0 Å². The highest BCUT2D eigenvalue weighted by Gasteiger charge is 2.23. The second-order valence-electron chi connectivity index (χ2n) is 6.81. The largest absolute Gasteiger partial charge is 0.463 e. The van der Waals surface area contributed by atoms with Crippen LogP contribution in [0, 0.1) is 11.8 Å². The Balaban J connectivity index is 1.97. The maximum Gasteiger partial charge on any atom is 0.329 e. The number of rotatable bonds is 9. The minimum atomic E-state index is -0.647. The molecule has 0 aliphatic carbocycles. The molecule has 1 aromatic carbocycles. The highest BCUT2D eigenvalue weighted by Crippen LogP contribution is 2.23. The van der Waals surface area contributed by atoms with Crippen LogP contribution in [-0.2, 0) is 4.79 Å². The number of halogens is 1. The molecule has 0 fully saturated rings. The minimum absolute atomic E-state index is 0.0663. The van der Waals surface area contributed by atoms with Crippen LogP contribution >= 0.6 is 11.6 Å². The van der Waals surface area contributed by atoms with Crippen LogP contribution in [0.3, 0.4) is 0 Å². The summed E-state index contributed by atoms with van der Waals surface area (Å²) < 4.78 is 10.9. The average Bonchev–Trinajstić information content (AvgIpc) is 2.71. The third kappa shape index (κ3) is 6.21. The molecule has 0 spiro atoms. The maximum atomic E-state index is 12.0. The van der Waals surface area contributed by atoms with Gasteiger partial charge in [0, 0.05) is 18.0 Å². The first-order valence-electron chi connectivity index (χ1n) is 9.35. The lowest BCUT2D eigenvalue weighted by molar-refractivity contribution is -0.134. The van der Waals surface area contributed by atoms with Crippen LogP contribution < -0.4 is 9.47 Å². The quantitative estimate of drug-likeness (QED) is 0.337. The van der Waals surface area contributed by atoms with Gasteiger partial charge < -0.3 is 9.47 Å². The molecule has 0 N–H and O–H groups in total. The van der Waals surface area contributed by atoms with Crippen molar-refractivity contribution in [3.05, 3.63) is 36.7 Å². The molecule has 1 aromatic heterocycles. The lowest BCUT2D eigenvalue weighted by Gasteiger charge is -2.15. The van der Waals surface area contributed by atoms with Crippen molar-refractivity contribution >= 4 is 17.6 Å². The van der Waals surface area contributed by atoms with Gasteiger partial charge in [-0.05, 0) is 29.5 Å². The zero-order chi connectivity index (χ0) is 19.8. The van der Waals surface area contributed by atoms with E-state index in [0.717, 1.165) is 24.0 Å². The molecule has 0 amide bonds. The fourth-order valence-electron chi connectivity index (χ4n) is 2.20. The number of aromatic nitrogens is 2. The Bertz CT molecular complexity index is 719. The van der Waals surface area contributed by atoms with Gasteiger partial charge in [-0.15, -0.1) is 11.6 Å². The van der Waals surface area contributed by atoms with E-state index in [4.69, 9.17) is 21.1 Å². The van der Waals surface area contributed by atoms with Crippen LogP contribution in [0.5, 0.6) is 11.8 Å². The van der Waals surface area contributed by atoms with Crippen molar-refractivity contribution in [2.45, 2.75) is 45.9 Å². The zero-order valence-corrected chi connectivity index (χ0v) is 17.1. The first-order valence-corrected chi connectivity index (χ1v) is 9.79. The Morgan fingerprint density at radius 2 is 1.67 bits per heavy atom. The summed E-state index contributed by atoms with van der Waals surface area (Å²) in [6.45, 7) is 8.77. The third-order valence-corrected chi connectivity index (χ3v) is 5.21. The molecule has 6 heteroatoms. The van der Waals surface area contributed by atoms with E-state index in [2.05, 4.69) is 23.8 Å². The first-order chi connectivity index (χ1) is 12.9. The van der Waals surface area contributed by atoms with Gasteiger partial charge >= 0.3 is 12.0 Å². The number of carbonyl (C=O) groups is 1. The highest BCUT2D eigenvalue weighted by atomic mass is 35.5. The van der Waals surface area contributed by atoms with Gasteiger partial charge in [0.25, 0.3) is 0 Å². The van der Waals surface area contributed by atoms with E-state index in [-0.39, 0.29) is 5.92 Å². The standard InChI is InChI=1S/C21H27ClN2O3/c1-5-14(3)13-26-21-23-11-17(12-24-21)16-7-9-18(10-8-16)27-20(25)19(22)15(4)6-2/h7-12,14-15,19H,5-6,13H2,1-4H3/t14-,15?,19-/m0/s1. The SMILES string of the molecule is CCC(C)[C@H](Cl)C(=O)Oc1ccc(-c2cnc(OC[C@@H](C)CC)nc2)cc1. The van der Waals surface area contributed by atoms with Gasteiger partial charge in [-0.2, -0.15) is 0 Å². The monoisotopic (exact) mass is 390 g/mol. The van der Waals surface area contributed by atoms with E-state index < -0.39 is 11.3 Å². The molecule has 1 heterocycles. The van der Waals surface area contributed by atoms with Crippen LogP contribution in [0.25, 0.3) is 11.1 Å². The van der Waals surface area contributed by atoms with Gasteiger partial charge in [0.1, 0.15) is 11.1 Å². The van der Waals surface area contributed by atoms with E-state index in [1.807, 2.05) is 26.0 Å². The minimum Gasteiger partial charge on any atom is -0.463 e. The first kappa shape index (κ1) is 21.2. The van der Waals surface area contributed by atoms with Gasteiger partial charge in [0.15, 0.2) is 0 Å². The summed E-state index contributed by atoms with van der Waals surface area (Å²) in [6.07, 6.45) is 5.31. The molecule has 0 aliphatic rings. The molecule has 3 atom stereocenters. The molecule has 146 valence electrons. The molecular weight excluding hydrogens is 364 g/mol. The fraction of sp³-hybridized carbons (Fsp3) is 0.476. The van der Waals surface area contributed by atoms with Crippen molar-refractivity contribution in [3.8, 4) is 22.9 Å². The van der Waals surface area contributed by atoms with Crippen molar-refractivity contribution < 1.29 is 14.3 Å². The zero-order valence-electron chi connectivity index (χ0n) is 16.3. The molecule has 27 heavy (non-hydrogen) atoms. The van der Waals surface area contributed by atoms with E-state index in [0.29, 0.717) is 24.3 Å². The second-order valence-corrected chi connectivity index (χ2v) is 7.28. The average molecular weight is 391 g/mol. The number of benzene rings is 1. The fourth-order valence-corrected chi connectivity index (χ4v) is 2.42. The molecule has 2 aromatic rings. The number of hydrogen-bond donors (Lipinski definition) is 0. The van der Waals surface area contributed by atoms with Crippen molar-refractivity contribution in [3.63, 3.8) is 0 Å². The number of carbonyl (C=O) groups excluding carboxylic acids is 1. The summed E-state index contributed by atoms with van der Waals surface area (Å²) in [4.78, 5) is 20.5. The smallest absolute Gasteiger partial charge is 0.329 e. The number of ether oxygens (including phenoxy) is 2. The van der Waals surface area contributed by atoms with Crippen molar-refractivity contribution in [1.82, 2.24) is 9.97 Å². The number of alkyl halides is 1. The summed E-state index contributed by atoms with van der Waals surface area (Å²) in [5, 5.41) is -0.647. The molecule has 0 bridgehead atoms. The summed E-state index contributed by atoms with van der Waals surface area (Å²) in [5.74, 6) is 0.574. The van der Waals surface area contributed by atoms with Gasteiger partial charge in [0.2, 0.25) is 0 Å². The Morgan fingerprint density at radius 3 is 2.22 bits per heavy atom. The molecule has 5 nitrogen and oxygen atoms in total. The Morgan fingerprint density at radius 1 is 1.04 bits per heavy atom. The van der Waals surface area contributed by atoms with Crippen LogP contribution in [0.4, 0.5) is 0 Å². The molecule has 1 unspecified atom stereocenters. The van der Waals surface area contributed by atoms with Gasteiger partial charge in [-0.3, -0.25) is 4.79 Å². The van der Waals surface area contributed by atoms with Crippen LogP contribution in [0.2, 0.25) is 0 Å². The van der Waals surface area contributed by atoms with Crippen molar-refractivity contribution in [1.29, 1.82) is 0 Å². The normalized spacial score (nSPS) is 14.3. The molecule has 0 radical (unpaired) electrons. The number of hydrogen-bond acceptors (Lipinski definition) is 5. The Labute approximate surface area is 166 Å². The van der Waals surface area contributed by atoms with Crippen LogP contribution in [0.15, 0.2) is 36.7 Å². The van der Waals surface area contributed by atoms with E-state index in [1.54, 1.807) is 24.5 Å². The lowest BCUT2D eigenvalue weighted by Crippen LogP contribution is -2.26. The topological polar surface area (TPSA) is 61.3 Å². The second kappa shape index (κ2) is 10.3. The Kier molecular flexibility index (Phi) is 8.04. The number of esters is 1. The van der Waals surface area contributed by atoms with Crippen molar-refractivity contribution in [2.24, 2.45) is 11.8 Å². The lowest BCUT2D eigenvalue weighted by atomic mass is 10.1. The van der Waals surface area contributed by atoms with Crippen molar-refractivity contribution in [2.75, 3.05) is 6.61 Å². The summed E-state index contributed by atoms with van der Waals surface area (Å²) >= 11 is 6.13. The molecule has 0 saturated heterocycles. The van der Waals surface area contributed by atoms with Crippen LogP contribution in [0.1, 0.15) is 40.5 Å². The molecule has 0 saturated carbocycles. The predicted molar refractivity (Wildman–Crippen MR) is 107 cm³/mol. The summed E-state index contributed by atoms with van der Waals surface area (Å²) in [6, 6.07) is 7.56. The molecular formula is C21H27ClN2O3.